The van der Waals surface area contributed by atoms with Crippen molar-refractivity contribution in [2.24, 2.45) is 0 Å². The van der Waals surface area contributed by atoms with Crippen molar-refractivity contribution in [2.75, 3.05) is 6.16 Å². The maximum absolute atomic E-state index is 2.27. The van der Waals surface area contributed by atoms with Crippen LogP contribution in [0.3, 0.4) is 0 Å². The molecule has 3 heteroatoms. The van der Waals surface area contributed by atoms with Gasteiger partial charge < -0.3 is 0 Å². The second-order valence-corrected chi connectivity index (χ2v) is 7.77. The van der Waals surface area contributed by atoms with Crippen LogP contribution < -0.4 is 0 Å². The van der Waals surface area contributed by atoms with Gasteiger partial charge in [-0.2, -0.15) is 0 Å². The molecule has 1 aromatic carbocycles. The summed E-state index contributed by atoms with van der Waals surface area (Å²) in [6.07, 6.45) is 5.74. The normalized spacial score (nSPS) is 18.9. The molecule has 0 radical (unpaired) electrons. The monoisotopic (exact) mass is 222 g/mol. The molecule has 0 saturated heterocycles. The number of benzene rings is 1. The fourth-order valence-electron chi connectivity index (χ4n) is 1.12. The van der Waals surface area contributed by atoms with Crippen molar-refractivity contribution in [1.29, 1.82) is 0 Å². The molecule has 0 aromatic heterocycles. The fraction of sp³-hybridized carbons (Fsp3) is 0.100. The van der Waals surface area contributed by atoms with Gasteiger partial charge in [-0.05, 0) is 21.0 Å². The third-order valence-corrected chi connectivity index (χ3v) is 6.69. The van der Waals surface area contributed by atoms with E-state index in [0.717, 1.165) is 0 Å². The Balaban J connectivity index is 2.36. The Labute approximate surface area is 83.2 Å². The smallest absolute Gasteiger partial charge is 0.0136 e. The van der Waals surface area contributed by atoms with Crippen molar-refractivity contribution >= 4 is 28.6 Å². The van der Waals surface area contributed by atoms with Crippen molar-refractivity contribution in [3.8, 4) is 0 Å². The van der Waals surface area contributed by atoms with Gasteiger partial charge in [-0.15, -0.1) is 0 Å². The summed E-state index contributed by atoms with van der Waals surface area (Å²) in [6, 6.07) is 10.6. The van der Waals surface area contributed by atoms with Crippen molar-refractivity contribution in [2.45, 2.75) is 0 Å². The van der Waals surface area contributed by atoms with E-state index in [1.807, 2.05) is 0 Å². The molecule has 0 amide bonds. The average molecular weight is 222 g/mol. The molecule has 1 aromatic rings. The molecule has 0 fully saturated rings. The predicted octanol–water partition coefficient (Wildman–Crippen LogP) is 4.45. The third-order valence-electron chi connectivity index (χ3n) is 1.75. The molecule has 64 valence electrons. The second kappa shape index (κ2) is 4.83. The molecule has 0 unspecified atom stereocenters. The zero-order valence-electron chi connectivity index (χ0n) is 7.09. The van der Waals surface area contributed by atoms with E-state index in [1.165, 1.54) is 40.3 Å². The highest BCUT2D eigenvalue weighted by Crippen LogP contribution is 2.34. The summed E-state index contributed by atoms with van der Waals surface area (Å²) in [7, 11) is 4.47. The molecule has 13 heavy (non-hydrogen) atoms. The first-order valence-electron chi connectivity index (χ1n) is 4.13. The van der Waals surface area contributed by atoms with Gasteiger partial charge in [-0.25, -0.2) is 0 Å². The van der Waals surface area contributed by atoms with E-state index in [1.54, 1.807) is 0 Å². The summed E-state index contributed by atoms with van der Waals surface area (Å²) >= 11 is 0. The molecular weight excluding hydrogens is 213 g/mol. The van der Waals surface area contributed by atoms with Gasteiger partial charge in [0.15, 0.2) is 0 Å². The van der Waals surface area contributed by atoms with Crippen LogP contribution in [0, 0.1) is 0 Å². The standard InChI is InChI=1S/C10H9P3/c1-2-5-9(6-3-1)10-7-4-8-11-13-12-10/h1-7H,8H2. The van der Waals surface area contributed by atoms with Crippen LogP contribution in [-0.2, 0) is 0 Å². The molecule has 1 aliphatic rings. The summed E-state index contributed by atoms with van der Waals surface area (Å²) in [5.74, 6) is 0. The largest absolute Gasteiger partial charge is 0.0749 e. The lowest BCUT2D eigenvalue weighted by molar-refractivity contribution is 1.67. The zero-order chi connectivity index (χ0) is 8.93. The summed E-state index contributed by atoms with van der Waals surface area (Å²) in [5, 5.41) is 1.45. The molecule has 2 rings (SSSR count). The van der Waals surface area contributed by atoms with E-state index in [4.69, 9.17) is 0 Å². The maximum atomic E-state index is 2.27. The Morgan fingerprint density at radius 2 is 1.92 bits per heavy atom. The maximum Gasteiger partial charge on any atom is 0.0136 e. The molecule has 0 aliphatic carbocycles. The molecule has 0 saturated carbocycles. The van der Waals surface area contributed by atoms with Crippen molar-refractivity contribution in [3.63, 3.8) is 0 Å². The molecule has 1 heterocycles. The van der Waals surface area contributed by atoms with E-state index >= 15 is 0 Å². The Morgan fingerprint density at radius 3 is 2.77 bits per heavy atom. The summed E-state index contributed by atoms with van der Waals surface area (Å²) in [5.41, 5.74) is 1.37. The number of hydrogen-bond acceptors (Lipinski definition) is 0. The quantitative estimate of drug-likeness (QED) is 0.616. The zero-order valence-corrected chi connectivity index (χ0v) is 9.77. The lowest BCUT2D eigenvalue weighted by Gasteiger charge is -1.98. The van der Waals surface area contributed by atoms with E-state index in [9.17, 15) is 0 Å². The van der Waals surface area contributed by atoms with Crippen LogP contribution in [0.2, 0.25) is 0 Å². The van der Waals surface area contributed by atoms with Gasteiger partial charge in [0.2, 0.25) is 0 Å². The molecule has 0 atom stereocenters. The average Bonchev–Trinajstić information content (AvgIpc) is 2.47. The third kappa shape index (κ3) is 2.58. The molecule has 1 aliphatic heterocycles. The van der Waals surface area contributed by atoms with Crippen LogP contribution in [0.1, 0.15) is 5.56 Å². The van der Waals surface area contributed by atoms with E-state index in [-0.39, 0.29) is 0 Å². The molecule has 0 N–H and O–H groups in total. The van der Waals surface area contributed by atoms with Crippen molar-refractivity contribution in [1.82, 2.24) is 0 Å². The van der Waals surface area contributed by atoms with Crippen LogP contribution in [0.15, 0.2) is 42.5 Å². The van der Waals surface area contributed by atoms with Gasteiger partial charge in [0.1, 0.15) is 0 Å². The Bertz CT molecular complexity index is 363. The number of rotatable bonds is 1. The summed E-state index contributed by atoms with van der Waals surface area (Å²) in [6.45, 7) is 0. The van der Waals surface area contributed by atoms with Gasteiger partial charge in [0.25, 0.3) is 0 Å². The first-order chi connectivity index (χ1) is 6.47. The number of hydrogen-bond donors (Lipinski definition) is 0. The first-order valence-corrected chi connectivity index (χ1v) is 8.41. The van der Waals surface area contributed by atoms with Crippen LogP contribution in [0.25, 0.3) is 0 Å². The SMILES string of the molecule is C1=CC(c2ccccc2)=PP=PC1. The number of allylic oxidation sites excluding steroid dienone is 2. The highest BCUT2D eigenvalue weighted by Gasteiger charge is 1.97. The highest BCUT2D eigenvalue weighted by atomic mass is 32.2. The van der Waals surface area contributed by atoms with E-state index in [2.05, 4.69) is 42.5 Å². The fourth-order valence-corrected chi connectivity index (χ4v) is 5.61. The van der Waals surface area contributed by atoms with Gasteiger partial charge in [-0.3, -0.25) is 0 Å². The van der Waals surface area contributed by atoms with Crippen molar-refractivity contribution in [3.05, 3.63) is 48.0 Å². The summed E-state index contributed by atoms with van der Waals surface area (Å²) in [4.78, 5) is 0. The molecule has 0 spiro atoms. The predicted molar refractivity (Wildman–Crippen MR) is 65.3 cm³/mol. The van der Waals surface area contributed by atoms with Crippen LogP contribution in [0.4, 0.5) is 0 Å². The minimum Gasteiger partial charge on any atom is -0.0749 e. The van der Waals surface area contributed by atoms with Gasteiger partial charge in [0, 0.05) is 11.5 Å². The molecular formula is C10H9P3. The van der Waals surface area contributed by atoms with Crippen LogP contribution in [0.5, 0.6) is 0 Å². The van der Waals surface area contributed by atoms with E-state index < -0.39 is 0 Å². The Morgan fingerprint density at radius 1 is 1.08 bits per heavy atom. The Kier molecular flexibility index (Phi) is 3.45. The minimum atomic E-state index is 1.20. The van der Waals surface area contributed by atoms with Gasteiger partial charge >= 0.3 is 0 Å². The van der Waals surface area contributed by atoms with Gasteiger partial charge in [-0.1, -0.05) is 50.4 Å². The molecule has 0 bridgehead atoms. The van der Waals surface area contributed by atoms with Crippen molar-refractivity contribution < 1.29 is 0 Å². The van der Waals surface area contributed by atoms with Crippen LogP contribution >= 0.6 is 23.3 Å². The van der Waals surface area contributed by atoms with E-state index in [0.29, 0.717) is 0 Å². The first kappa shape index (κ1) is 9.29. The molecule has 0 nitrogen and oxygen atoms in total. The second-order valence-electron chi connectivity index (χ2n) is 2.67. The van der Waals surface area contributed by atoms with Crippen LogP contribution in [-0.4, -0.2) is 11.5 Å². The topological polar surface area (TPSA) is 0 Å². The Hall–Kier alpha value is -0.270. The minimum absolute atomic E-state index is 1.20. The summed E-state index contributed by atoms with van der Waals surface area (Å²) < 4.78 is 0. The van der Waals surface area contributed by atoms with Gasteiger partial charge in [0.05, 0.1) is 0 Å². The lowest BCUT2D eigenvalue weighted by Crippen LogP contribution is -1.90. The highest BCUT2D eigenvalue weighted by molar-refractivity contribution is 8.24. The lowest BCUT2D eigenvalue weighted by atomic mass is 10.1.